The molecule has 0 N–H and O–H groups in total. The van der Waals surface area contributed by atoms with Crippen LogP contribution in [0.2, 0.25) is 0 Å². The van der Waals surface area contributed by atoms with Gasteiger partial charge in [-0.25, -0.2) is 17.6 Å². The first-order valence-corrected chi connectivity index (χ1v) is 6.13. The molecule has 0 radical (unpaired) electrons. The quantitative estimate of drug-likeness (QED) is 0.432. The van der Waals surface area contributed by atoms with E-state index in [4.69, 9.17) is 0 Å². The van der Waals surface area contributed by atoms with E-state index in [0.717, 1.165) is 12.6 Å². The summed E-state index contributed by atoms with van der Waals surface area (Å²) < 4.78 is 32.9. The summed E-state index contributed by atoms with van der Waals surface area (Å²) in [6, 6.07) is 0. The summed E-state index contributed by atoms with van der Waals surface area (Å²) in [5, 5.41) is 0. The third kappa shape index (κ3) is 7.95. The van der Waals surface area contributed by atoms with Crippen LogP contribution in [0.1, 0.15) is 0 Å². The van der Waals surface area contributed by atoms with E-state index in [0.29, 0.717) is 0 Å². The molecular formula is C10H16N2O3S. The van der Waals surface area contributed by atoms with E-state index in [9.17, 15) is 13.0 Å². The highest BCUT2D eigenvalue weighted by Crippen LogP contribution is 1.81. The molecule has 0 unspecified atom stereocenters. The predicted molar refractivity (Wildman–Crippen MR) is 60.6 cm³/mol. The Morgan fingerprint density at radius 2 is 2.06 bits per heavy atom. The lowest BCUT2D eigenvalue weighted by atomic mass is 10.6. The minimum Gasteiger partial charge on any atom is -0.748 e. The number of imidazole rings is 1. The lowest BCUT2D eigenvalue weighted by Crippen LogP contribution is -2.23. The highest BCUT2D eigenvalue weighted by atomic mass is 32.2. The summed E-state index contributed by atoms with van der Waals surface area (Å²) in [7, 11) is -2.04. The Balaban J connectivity index is 0.000000293. The molecule has 0 aliphatic rings. The van der Waals surface area contributed by atoms with Gasteiger partial charge in [0.25, 0.3) is 0 Å². The molecule has 6 heteroatoms. The maximum absolute atomic E-state index is 9.60. The highest BCUT2D eigenvalue weighted by molar-refractivity contribution is 7.85. The summed E-state index contributed by atoms with van der Waals surface area (Å²) in [5.41, 5.74) is 0. The van der Waals surface area contributed by atoms with Crippen molar-refractivity contribution in [2.45, 2.75) is 6.54 Å². The van der Waals surface area contributed by atoms with Crippen LogP contribution in [-0.4, -0.2) is 23.3 Å². The van der Waals surface area contributed by atoms with Crippen molar-refractivity contribution in [2.75, 3.05) is 5.75 Å². The minimum absolute atomic E-state index is 0.479. The molecule has 0 fully saturated rings. The molecule has 0 bridgehead atoms. The van der Waals surface area contributed by atoms with Gasteiger partial charge in [-0.3, -0.25) is 0 Å². The van der Waals surface area contributed by atoms with Crippen molar-refractivity contribution in [3.8, 4) is 0 Å². The van der Waals surface area contributed by atoms with Gasteiger partial charge in [-0.2, -0.15) is 0 Å². The Hall–Kier alpha value is -1.40. The zero-order chi connectivity index (χ0) is 12.6. The number of nitrogens with zero attached hydrogens (tertiary/aromatic N) is 2. The molecule has 0 atom stereocenters. The van der Waals surface area contributed by atoms with Crippen LogP contribution in [0.15, 0.2) is 44.0 Å². The normalized spacial score (nSPS) is 10.1. The summed E-state index contributed by atoms with van der Waals surface area (Å²) in [5.74, 6) is -0.479. The van der Waals surface area contributed by atoms with E-state index in [1.54, 1.807) is 0 Å². The van der Waals surface area contributed by atoms with Crippen LogP contribution < -0.4 is 4.57 Å². The average molecular weight is 244 g/mol. The third-order valence-electron chi connectivity index (χ3n) is 1.49. The van der Waals surface area contributed by atoms with Crippen molar-refractivity contribution in [3.05, 3.63) is 44.0 Å². The first kappa shape index (κ1) is 14.6. The first-order valence-electron chi connectivity index (χ1n) is 4.55. The molecule has 1 rings (SSSR count). The molecule has 90 valence electrons. The maximum atomic E-state index is 9.60. The molecule has 1 aromatic heterocycles. The van der Waals surface area contributed by atoms with Gasteiger partial charge < -0.3 is 4.55 Å². The Labute approximate surface area is 96.1 Å². The Morgan fingerprint density at radius 1 is 1.44 bits per heavy atom. The second kappa shape index (κ2) is 6.97. The van der Waals surface area contributed by atoms with Crippen LogP contribution in [0.5, 0.6) is 0 Å². The molecule has 0 amide bonds. The van der Waals surface area contributed by atoms with Gasteiger partial charge in [-0.1, -0.05) is 18.7 Å². The van der Waals surface area contributed by atoms with Gasteiger partial charge in [-0.15, -0.1) is 6.58 Å². The smallest absolute Gasteiger partial charge is 0.243 e. The molecule has 0 saturated heterocycles. The Morgan fingerprint density at radius 3 is 2.31 bits per heavy atom. The fourth-order valence-electron chi connectivity index (χ4n) is 0.903. The molecule has 5 nitrogen and oxygen atoms in total. The molecule has 1 heterocycles. The molecule has 16 heavy (non-hydrogen) atoms. The van der Waals surface area contributed by atoms with Crippen LogP contribution in [0.3, 0.4) is 0 Å². The fraction of sp³-hybridized carbons (Fsp3) is 0.300. The van der Waals surface area contributed by atoms with Gasteiger partial charge in [0.15, 0.2) is 0 Å². The lowest BCUT2D eigenvalue weighted by Gasteiger charge is -1.98. The number of rotatable bonds is 4. The molecule has 0 saturated carbocycles. The summed E-state index contributed by atoms with van der Waals surface area (Å²) in [6.07, 6.45) is 8.97. The van der Waals surface area contributed by atoms with Crippen LogP contribution >= 0.6 is 0 Å². The van der Waals surface area contributed by atoms with Crippen molar-refractivity contribution in [1.82, 2.24) is 4.57 Å². The second-order valence-corrected chi connectivity index (χ2v) is 4.53. The standard InChI is InChI=1S/C7H11N2.C3H6O3S/c1-3-4-9-6-5-8(2)7-9;1-2-3-7(4,5)6/h3,5-7H,1,4H2,2H3;2H,1,3H2,(H,4,5,6)/q+1;/p-1. The third-order valence-corrected chi connectivity index (χ3v) is 2.13. The fourth-order valence-corrected chi connectivity index (χ4v) is 1.19. The van der Waals surface area contributed by atoms with Crippen LogP contribution in [0.25, 0.3) is 0 Å². The number of aryl methyl sites for hydroxylation is 1. The lowest BCUT2D eigenvalue weighted by molar-refractivity contribution is -0.671. The van der Waals surface area contributed by atoms with Crippen molar-refractivity contribution in [2.24, 2.45) is 7.05 Å². The summed E-state index contributed by atoms with van der Waals surface area (Å²) in [6.45, 7) is 7.59. The zero-order valence-corrected chi connectivity index (χ0v) is 10.1. The van der Waals surface area contributed by atoms with Gasteiger partial charge >= 0.3 is 0 Å². The predicted octanol–water partition coefficient (Wildman–Crippen LogP) is 0.216. The van der Waals surface area contributed by atoms with Crippen molar-refractivity contribution < 1.29 is 17.5 Å². The van der Waals surface area contributed by atoms with E-state index >= 15 is 0 Å². The maximum Gasteiger partial charge on any atom is 0.243 e. The topological polar surface area (TPSA) is 66.0 Å². The van der Waals surface area contributed by atoms with Gasteiger partial charge in [-0.05, 0) is 0 Å². The Kier molecular flexibility index (Phi) is 6.36. The summed E-state index contributed by atoms with van der Waals surface area (Å²) in [4.78, 5) is 0. The number of aromatic nitrogens is 2. The van der Waals surface area contributed by atoms with E-state index in [-0.39, 0.29) is 0 Å². The molecule has 0 spiro atoms. The van der Waals surface area contributed by atoms with E-state index < -0.39 is 15.9 Å². The number of allylic oxidation sites excluding steroid dienone is 1. The van der Waals surface area contributed by atoms with Crippen molar-refractivity contribution in [1.29, 1.82) is 0 Å². The van der Waals surface area contributed by atoms with E-state index in [1.165, 1.54) is 0 Å². The van der Waals surface area contributed by atoms with E-state index in [1.807, 2.05) is 36.4 Å². The minimum atomic E-state index is -4.04. The first-order chi connectivity index (χ1) is 7.39. The SMILES string of the molecule is C=CCS(=O)(=O)[O-].C=CCn1cc[n+](C)c1. The summed E-state index contributed by atoms with van der Waals surface area (Å²) >= 11 is 0. The van der Waals surface area contributed by atoms with Crippen LogP contribution in [0.4, 0.5) is 0 Å². The highest BCUT2D eigenvalue weighted by Gasteiger charge is 1.93. The molecule has 1 aromatic rings. The molecule has 0 aliphatic carbocycles. The molecule has 0 aromatic carbocycles. The largest absolute Gasteiger partial charge is 0.748 e. The van der Waals surface area contributed by atoms with Gasteiger partial charge in [0, 0.05) is 0 Å². The zero-order valence-electron chi connectivity index (χ0n) is 9.24. The average Bonchev–Trinajstić information content (AvgIpc) is 2.51. The number of hydrogen-bond acceptors (Lipinski definition) is 3. The van der Waals surface area contributed by atoms with Crippen molar-refractivity contribution in [3.63, 3.8) is 0 Å². The second-order valence-electron chi connectivity index (χ2n) is 3.08. The molecule has 0 aliphatic heterocycles. The van der Waals surface area contributed by atoms with Crippen LogP contribution in [0, 0.1) is 0 Å². The van der Waals surface area contributed by atoms with Gasteiger partial charge in [0.2, 0.25) is 6.33 Å². The van der Waals surface area contributed by atoms with Gasteiger partial charge in [0.1, 0.15) is 18.9 Å². The van der Waals surface area contributed by atoms with Crippen molar-refractivity contribution >= 4 is 10.1 Å². The van der Waals surface area contributed by atoms with Gasteiger partial charge in [0.05, 0.1) is 22.9 Å². The van der Waals surface area contributed by atoms with E-state index in [2.05, 4.69) is 17.7 Å². The Bertz CT molecular complexity index is 435. The monoisotopic (exact) mass is 244 g/mol. The molecular weight excluding hydrogens is 228 g/mol. The number of hydrogen-bond donors (Lipinski definition) is 0. The van der Waals surface area contributed by atoms with Crippen LogP contribution in [-0.2, 0) is 23.7 Å².